The van der Waals surface area contributed by atoms with Crippen LogP contribution >= 0.6 is 11.6 Å². The van der Waals surface area contributed by atoms with Gasteiger partial charge in [0.1, 0.15) is 25.6 Å². The van der Waals surface area contributed by atoms with Crippen molar-refractivity contribution in [2.24, 2.45) is 0 Å². The monoisotopic (exact) mass is 374 g/mol. The van der Waals surface area contributed by atoms with Crippen LogP contribution in [0.4, 0.5) is 0 Å². The van der Waals surface area contributed by atoms with Gasteiger partial charge in [0.2, 0.25) is 0 Å². The third-order valence-electron chi connectivity index (χ3n) is 3.74. The topological polar surface area (TPSA) is 54.0 Å². The van der Waals surface area contributed by atoms with E-state index in [0.717, 1.165) is 5.56 Å². The molecule has 0 bridgehead atoms. The lowest BCUT2D eigenvalue weighted by molar-refractivity contribution is 0.104. The summed E-state index contributed by atoms with van der Waals surface area (Å²) < 4.78 is 21.4. The molecule has 0 N–H and O–H groups in total. The molecule has 6 heteroatoms. The first-order chi connectivity index (χ1) is 12.7. The molecule has 0 amide bonds. The largest absolute Gasteiger partial charge is 0.491 e. The van der Waals surface area contributed by atoms with Crippen molar-refractivity contribution in [1.82, 2.24) is 0 Å². The predicted octanol–water partition coefficient (Wildman–Crippen LogP) is 4.03. The third kappa shape index (κ3) is 4.56. The second-order valence-electron chi connectivity index (χ2n) is 5.59. The SMILES string of the molecule is COCCOc1ccc(C(=O)/C=C/c2cc(Cl)c3c(c2)OCCO3)cc1. The second-order valence-corrected chi connectivity index (χ2v) is 6.00. The van der Waals surface area contributed by atoms with E-state index in [4.69, 9.17) is 30.5 Å². The minimum absolute atomic E-state index is 0.112. The van der Waals surface area contributed by atoms with Crippen molar-refractivity contribution < 1.29 is 23.7 Å². The minimum atomic E-state index is -0.112. The van der Waals surface area contributed by atoms with Gasteiger partial charge in [-0.15, -0.1) is 0 Å². The Kier molecular flexibility index (Phi) is 6.15. The Hall–Kier alpha value is -2.50. The summed E-state index contributed by atoms with van der Waals surface area (Å²) in [4.78, 5) is 12.3. The average molecular weight is 375 g/mol. The molecule has 1 aliphatic rings. The first-order valence-electron chi connectivity index (χ1n) is 8.21. The normalized spacial score (nSPS) is 13.0. The van der Waals surface area contributed by atoms with E-state index < -0.39 is 0 Å². The van der Waals surface area contributed by atoms with E-state index in [-0.39, 0.29) is 5.78 Å². The quantitative estimate of drug-likeness (QED) is 0.416. The Morgan fingerprint density at radius 3 is 2.69 bits per heavy atom. The van der Waals surface area contributed by atoms with E-state index in [1.807, 2.05) is 0 Å². The van der Waals surface area contributed by atoms with Crippen molar-refractivity contribution in [3.63, 3.8) is 0 Å². The fourth-order valence-corrected chi connectivity index (χ4v) is 2.73. The molecular formula is C20H19ClO5. The van der Waals surface area contributed by atoms with Gasteiger partial charge < -0.3 is 18.9 Å². The molecule has 0 spiro atoms. The summed E-state index contributed by atoms with van der Waals surface area (Å²) in [7, 11) is 1.62. The van der Waals surface area contributed by atoms with Crippen LogP contribution < -0.4 is 14.2 Å². The van der Waals surface area contributed by atoms with Gasteiger partial charge in [0.15, 0.2) is 17.3 Å². The van der Waals surface area contributed by atoms with Crippen LogP contribution in [-0.2, 0) is 4.74 Å². The number of halogens is 1. The highest BCUT2D eigenvalue weighted by Gasteiger charge is 2.16. The average Bonchev–Trinajstić information content (AvgIpc) is 2.67. The van der Waals surface area contributed by atoms with Crippen molar-refractivity contribution in [1.29, 1.82) is 0 Å². The maximum absolute atomic E-state index is 12.3. The molecule has 0 aromatic heterocycles. The first-order valence-corrected chi connectivity index (χ1v) is 8.58. The van der Waals surface area contributed by atoms with Crippen molar-refractivity contribution in [2.45, 2.75) is 0 Å². The summed E-state index contributed by atoms with van der Waals surface area (Å²) in [6.07, 6.45) is 3.21. The fraction of sp³-hybridized carbons (Fsp3) is 0.250. The van der Waals surface area contributed by atoms with E-state index in [9.17, 15) is 4.79 Å². The molecule has 5 nitrogen and oxygen atoms in total. The van der Waals surface area contributed by atoms with Gasteiger partial charge in [-0.3, -0.25) is 4.79 Å². The number of hydrogen-bond acceptors (Lipinski definition) is 5. The predicted molar refractivity (Wildman–Crippen MR) is 99.6 cm³/mol. The molecule has 26 heavy (non-hydrogen) atoms. The van der Waals surface area contributed by atoms with Gasteiger partial charge in [-0.25, -0.2) is 0 Å². The van der Waals surface area contributed by atoms with Gasteiger partial charge in [-0.2, -0.15) is 0 Å². The number of carbonyl (C=O) groups is 1. The number of methoxy groups -OCH3 is 1. The Morgan fingerprint density at radius 2 is 1.92 bits per heavy atom. The van der Waals surface area contributed by atoms with Crippen LogP contribution in [0.25, 0.3) is 6.08 Å². The maximum Gasteiger partial charge on any atom is 0.185 e. The standard InChI is InChI=1S/C20H19ClO5/c1-23-8-9-24-16-5-3-15(4-6-16)18(22)7-2-14-12-17(21)20-19(13-14)25-10-11-26-20/h2-7,12-13H,8-11H2,1H3/b7-2+. The molecule has 0 saturated heterocycles. The number of carbonyl (C=O) groups excluding carboxylic acids is 1. The van der Waals surface area contributed by atoms with Gasteiger partial charge >= 0.3 is 0 Å². The third-order valence-corrected chi connectivity index (χ3v) is 4.02. The van der Waals surface area contributed by atoms with Crippen molar-refractivity contribution in [3.8, 4) is 17.2 Å². The number of allylic oxidation sites excluding steroid dienone is 1. The molecule has 2 aromatic carbocycles. The van der Waals surface area contributed by atoms with Crippen LogP contribution in [0.1, 0.15) is 15.9 Å². The number of rotatable bonds is 7. The zero-order chi connectivity index (χ0) is 18.4. The van der Waals surface area contributed by atoms with Crippen LogP contribution in [0.5, 0.6) is 17.2 Å². The van der Waals surface area contributed by atoms with Gasteiger partial charge in [-0.05, 0) is 48.0 Å². The fourth-order valence-electron chi connectivity index (χ4n) is 2.45. The summed E-state index contributed by atoms with van der Waals surface area (Å²) in [5.74, 6) is 1.72. The Morgan fingerprint density at radius 1 is 1.15 bits per heavy atom. The molecule has 0 atom stereocenters. The maximum atomic E-state index is 12.3. The highest BCUT2D eigenvalue weighted by molar-refractivity contribution is 6.32. The minimum Gasteiger partial charge on any atom is -0.491 e. The summed E-state index contributed by atoms with van der Waals surface area (Å²) in [5, 5.41) is 0.465. The molecule has 136 valence electrons. The highest BCUT2D eigenvalue weighted by Crippen LogP contribution is 2.38. The first kappa shape index (κ1) is 18.3. The lowest BCUT2D eigenvalue weighted by Crippen LogP contribution is -2.15. The molecular weight excluding hydrogens is 356 g/mol. The van der Waals surface area contributed by atoms with Gasteiger partial charge in [-0.1, -0.05) is 17.7 Å². The van der Waals surface area contributed by atoms with E-state index >= 15 is 0 Å². The Bertz CT molecular complexity index is 799. The zero-order valence-electron chi connectivity index (χ0n) is 14.4. The molecule has 2 aromatic rings. The number of hydrogen-bond donors (Lipinski definition) is 0. The van der Waals surface area contributed by atoms with Crippen molar-refractivity contribution in [3.05, 3.63) is 58.6 Å². The van der Waals surface area contributed by atoms with E-state index in [2.05, 4.69) is 0 Å². The molecule has 1 aliphatic heterocycles. The molecule has 0 saturated carbocycles. The van der Waals surface area contributed by atoms with Crippen LogP contribution in [0, 0.1) is 0 Å². The number of benzene rings is 2. The Balaban J connectivity index is 1.66. The second kappa shape index (κ2) is 8.74. The van der Waals surface area contributed by atoms with Crippen LogP contribution in [0.15, 0.2) is 42.5 Å². The lowest BCUT2D eigenvalue weighted by atomic mass is 10.1. The number of ketones is 1. The van der Waals surface area contributed by atoms with Crippen molar-refractivity contribution >= 4 is 23.5 Å². The van der Waals surface area contributed by atoms with E-state index in [1.165, 1.54) is 6.08 Å². The highest BCUT2D eigenvalue weighted by atomic mass is 35.5. The number of fused-ring (bicyclic) bond motifs is 1. The van der Waals surface area contributed by atoms with Crippen molar-refractivity contribution in [2.75, 3.05) is 33.5 Å². The summed E-state index contributed by atoms with van der Waals surface area (Å²) in [6.45, 7) is 1.94. The Labute approximate surface area is 157 Å². The molecule has 0 radical (unpaired) electrons. The summed E-state index contributed by atoms with van der Waals surface area (Å²) in [5.41, 5.74) is 1.34. The zero-order valence-corrected chi connectivity index (χ0v) is 15.1. The van der Waals surface area contributed by atoms with Crippen LogP contribution in [0.3, 0.4) is 0 Å². The lowest BCUT2D eigenvalue weighted by Gasteiger charge is -2.19. The van der Waals surface area contributed by atoms with E-state index in [1.54, 1.807) is 49.6 Å². The van der Waals surface area contributed by atoms with Gasteiger partial charge in [0, 0.05) is 12.7 Å². The van der Waals surface area contributed by atoms with Crippen LogP contribution in [0.2, 0.25) is 5.02 Å². The van der Waals surface area contributed by atoms with Gasteiger partial charge in [0.25, 0.3) is 0 Å². The molecule has 0 aliphatic carbocycles. The van der Waals surface area contributed by atoms with E-state index in [0.29, 0.717) is 54.3 Å². The molecule has 3 rings (SSSR count). The molecule has 0 fully saturated rings. The summed E-state index contributed by atoms with van der Waals surface area (Å²) in [6, 6.07) is 10.5. The molecule has 0 unspecified atom stereocenters. The van der Waals surface area contributed by atoms with Gasteiger partial charge in [0.05, 0.1) is 11.6 Å². The molecule has 1 heterocycles. The summed E-state index contributed by atoms with van der Waals surface area (Å²) >= 11 is 6.20. The smallest absolute Gasteiger partial charge is 0.185 e. The van der Waals surface area contributed by atoms with Crippen LogP contribution in [-0.4, -0.2) is 39.3 Å². The number of ether oxygens (including phenoxy) is 4.